The molecule has 0 saturated carbocycles. The molecule has 0 aliphatic carbocycles. The van der Waals surface area contributed by atoms with Crippen LogP contribution in [-0.4, -0.2) is 64.4 Å². The summed E-state index contributed by atoms with van der Waals surface area (Å²) in [6.45, 7) is 2.34. The van der Waals surface area contributed by atoms with E-state index in [1.54, 1.807) is 28.4 Å². The molecule has 0 bridgehead atoms. The maximum absolute atomic E-state index is 12.3. The number of morpholine rings is 1. The van der Waals surface area contributed by atoms with Gasteiger partial charge >= 0.3 is 0 Å². The van der Waals surface area contributed by atoms with E-state index in [0.29, 0.717) is 32.7 Å². The Morgan fingerprint density at radius 1 is 1.38 bits per heavy atom. The zero-order chi connectivity index (χ0) is 14.7. The van der Waals surface area contributed by atoms with E-state index in [-0.39, 0.29) is 24.5 Å². The van der Waals surface area contributed by atoms with Gasteiger partial charge in [0, 0.05) is 31.9 Å². The van der Waals surface area contributed by atoms with Gasteiger partial charge in [-0.2, -0.15) is 0 Å². The molecule has 0 N–H and O–H groups in total. The summed E-state index contributed by atoms with van der Waals surface area (Å²) in [5, 5.41) is 0. The van der Waals surface area contributed by atoms with Crippen LogP contribution in [0, 0.1) is 0 Å². The largest absolute Gasteiger partial charge is 0.368 e. The van der Waals surface area contributed by atoms with E-state index in [0.717, 1.165) is 12.1 Å². The maximum atomic E-state index is 12.3. The molecule has 2 aliphatic heterocycles. The first-order chi connectivity index (χ1) is 10.2. The highest BCUT2D eigenvalue weighted by molar-refractivity contribution is 5.85. The van der Waals surface area contributed by atoms with E-state index < -0.39 is 0 Å². The lowest BCUT2D eigenvalue weighted by Crippen LogP contribution is -2.47. The Kier molecular flexibility index (Phi) is 4.10. The van der Waals surface area contributed by atoms with Crippen molar-refractivity contribution >= 4 is 11.8 Å². The van der Waals surface area contributed by atoms with Crippen molar-refractivity contribution in [1.82, 2.24) is 19.8 Å². The number of hydrogen-bond donors (Lipinski definition) is 0. The van der Waals surface area contributed by atoms with Crippen LogP contribution in [0.4, 0.5) is 0 Å². The fraction of sp³-hybridized carbons (Fsp3) is 0.571. The summed E-state index contributed by atoms with van der Waals surface area (Å²) in [5.74, 6) is 0.0459. The van der Waals surface area contributed by atoms with Crippen molar-refractivity contribution < 1.29 is 14.3 Å². The molecule has 3 rings (SSSR count). The molecule has 21 heavy (non-hydrogen) atoms. The second-order valence-corrected chi connectivity index (χ2v) is 5.25. The molecule has 0 aromatic carbocycles. The number of carbonyl (C=O) groups is 2. The monoisotopic (exact) mass is 290 g/mol. The number of carbonyl (C=O) groups excluding carboxylic acids is 2. The number of hydrogen-bond acceptors (Lipinski definition) is 5. The van der Waals surface area contributed by atoms with Crippen LogP contribution in [0.3, 0.4) is 0 Å². The molecule has 0 unspecified atom stereocenters. The van der Waals surface area contributed by atoms with Crippen LogP contribution in [0.25, 0.3) is 0 Å². The molecular weight excluding hydrogens is 272 g/mol. The van der Waals surface area contributed by atoms with E-state index in [4.69, 9.17) is 4.74 Å². The fourth-order valence-electron chi connectivity index (χ4n) is 2.67. The Morgan fingerprint density at radius 2 is 2.29 bits per heavy atom. The molecule has 0 radical (unpaired) electrons. The number of nitrogens with zero attached hydrogens (tertiary/aromatic N) is 4. The number of amides is 2. The smallest absolute Gasteiger partial charge is 0.242 e. The van der Waals surface area contributed by atoms with Crippen molar-refractivity contribution in [2.45, 2.75) is 18.9 Å². The minimum atomic E-state index is -0.245. The molecule has 7 nitrogen and oxygen atoms in total. The summed E-state index contributed by atoms with van der Waals surface area (Å²) in [6.07, 6.45) is 6.03. The third-order valence-corrected chi connectivity index (χ3v) is 3.83. The van der Waals surface area contributed by atoms with E-state index in [1.807, 2.05) is 0 Å². The Labute approximate surface area is 122 Å². The first-order valence-electron chi connectivity index (χ1n) is 7.17. The Morgan fingerprint density at radius 3 is 3.00 bits per heavy atom. The lowest BCUT2D eigenvalue weighted by Gasteiger charge is -2.33. The predicted molar refractivity (Wildman–Crippen MR) is 73.1 cm³/mol. The molecule has 2 amide bonds. The minimum Gasteiger partial charge on any atom is -0.368 e. The Bertz CT molecular complexity index is 522. The molecule has 2 fully saturated rings. The van der Waals surface area contributed by atoms with E-state index in [1.165, 1.54) is 0 Å². The van der Waals surface area contributed by atoms with Gasteiger partial charge in [-0.15, -0.1) is 0 Å². The summed E-state index contributed by atoms with van der Waals surface area (Å²) in [5.41, 5.74) is 0.729. The highest BCUT2D eigenvalue weighted by Gasteiger charge is 2.29. The van der Waals surface area contributed by atoms with Crippen molar-refractivity contribution in [3.05, 3.63) is 24.3 Å². The zero-order valence-corrected chi connectivity index (χ0v) is 11.8. The van der Waals surface area contributed by atoms with Crippen LogP contribution in [0.2, 0.25) is 0 Å². The minimum absolute atomic E-state index is 0.0255. The van der Waals surface area contributed by atoms with Gasteiger partial charge in [-0.3, -0.25) is 19.6 Å². The lowest BCUT2D eigenvalue weighted by molar-refractivity contribution is -0.143. The van der Waals surface area contributed by atoms with Gasteiger partial charge in [-0.25, -0.2) is 0 Å². The van der Waals surface area contributed by atoms with Crippen LogP contribution >= 0.6 is 0 Å². The number of rotatable bonds is 3. The van der Waals surface area contributed by atoms with Gasteiger partial charge in [0.25, 0.3) is 0 Å². The average molecular weight is 290 g/mol. The number of ether oxygens (including phenoxy) is 1. The predicted octanol–water partition coefficient (Wildman–Crippen LogP) is -0.00110. The molecule has 2 aliphatic rings. The van der Waals surface area contributed by atoms with Crippen molar-refractivity contribution in [3.8, 4) is 0 Å². The molecule has 0 spiro atoms. The first-order valence-corrected chi connectivity index (χ1v) is 7.17. The van der Waals surface area contributed by atoms with Crippen molar-refractivity contribution in [3.63, 3.8) is 0 Å². The molecule has 1 atom stereocenters. The number of likely N-dealkylation sites (tertiary alicyclic amines) is 1. The van der Waals surface area contributed by atoms with Crippen LogP contribution < -0.4 is 0 Å². The molecule has 1 aromatic heterocycles. The van der Waals surface area contributed by atoms with Crippen LogP contribution in [0.5, 0.6) is 0 Å². The lowest BCUT2D eigenvalue weighted by atomic mass is 10.2. The van der Waals surface area contributed by atoms with Crippen LogP contribution in [0.1, 0.15) is 24.6 Å². The van der Waals surface area contributed by atoms with Gasteiger partial charge in [0.1, 0.15) is 6.10 Å². The number of aromatic nitrogens is 2. The van der Waals surface area contributed by atoms with Gasteiger partial charge in [0.05, 0.1) is 31.6 Å². The van der Waals surface area contributed by atoms with Crippen LogP contribution in [-0.2, 0) is 14.3 Å². The molecule has 1 aromatic rings. The third kappa shape index (κ3) is 3.18. The molecule has 3 heterocycles. The fourth-order valence-corrected chi connectivity index (χ4v) is 2.67. The first kappa shape index (κ1) is 13.9. The van der Waals surface area contributed by atoms with Gasteiger partial charge in [0.2, 0.25) is 11.8 Å². The van der Waals surface area contributed by atoms with E-state index >= 15 is 0 Å². The second kappa shape index (κ2) is 6.17. The summed E-state index contributed by atoms with van der Waals surface area (Å²) in [6, 6.07) is 0. The van der Waals surface area contributed by atoms with Gasteiger partial charge in [0.15, 0.2) is 0 Å². The van der Waals surface area contributed by atoms with Gasteiger partial charge < -0.3 is 14.5 Å². The summed E-state index contributed by atoms with van der Waals surface area (Å²) in [4.78, 5) is 35.5. The van der Waals surface area contributed by atoms with E-state index in [2.05, 4.69) is 9.97 Å². The van der Waals surface area contributed by atoms with Gasteiger partial charge in [-0.05, 0) is 6.42 Å². The van der Waals surface area contributed by atoms with E-state index in [9.17, 15) is 9.59 Å². The normalized spacial score (nSPS) is 22.7. The topological polar surface area (TPSA) is 75.6 Å². The van der Waals surface area contributed by atoms with Crippen molar-refractivity contribution in [1.29, 1.82) is 0 Å². The maximum Gasteiger partial charge on any atom is 0.242 e. The second-order valence-electron chi connectivity index (χ2n) is 5.25. The highest BCUT2D eigenvalue weighted by Crippen LogP contribution is 2.20. The summed E-state index contributed by atoms with van der Waals surface area (Å²) >= 11 is 0. The Balaban J connectivity index is 1.60. The van der Waals surface area contributed by atoms with Crippen LogP contribution in [0.15, 0.2) is 18.6 Å². The Hall–Kier alpha value is -2.02. The summed E-state index contributed by atoms with van der Waals surface area (Å²) < 4.78 is 5.66. The molecule has 112 valence electrons. The van der Waals surface area contributed by atoms with Crippen molar-refractivity contribution in [2.24, 2.45) is 0 Å². The average Bonchev–Trinajstić information content (AvgIpc) is 2.93. The quantitative estimate of drug-likeness (QED) is 0.783. The highest BCUT2D eigenvalue weighted by atomic mass is 16.5. The van der Waals surface area contributed by atoms with Gasteiger partial charge in [-0.1, -0.05) is 0 Å². The molecule has 2 saturated heterocycles. The summed E-state index contributed by atoms with van der Waals surface area (Å²) in [7, 11) is 0. The molecule has 7 heteroatoms. The third-order valence-electron chi connectivity index (χ3n) is 3.83. The standard InChI is InChI=1S/C14H18N4O3/c19-13-2-1-5-17(13)10-14(20)18-6-7-21-12(9-18)11-8-15-3-4-16-11/h3-4,8,12H,1-2,5-7,9-10H2/t12-/m1/s1. The van der Waals surface area contributed by atoms with Crippen molar-refractivity contribution in [2.75, 3.05) is 32.8 Å². The zero-order valence-electron chi connectivity index (χ0n) is 11.8. The molecular formula is C14H18N4O3. The SMILES string of the molecule is O=C1CCCN1CC(=O)N1CCO[C@@H](c2cnccn2)C1.